The van der Waals surface area contributed by atoms with E-state index in [1.807, 2.05) is 0 Å². The predicted molar refractivity (Wildman–Crippen MR) is 73.1 cm³/mol. The van der Waals surface area contributed by atoms with Gasteiger partial charge in [-0.25, -0.2) is 0 Å². The minimum absolute atomic E-state index is 0.134. The van der Waals surface area contributed by atoms with E-state index in [1.54, 1.807) is 30.0 Å². The molecule has 0 aromatic heterocycles. The second-order valence-corrected chi connectivity index (χ2v) is 4.54. The van der Waals surface area contributed by atoms with Crippen LogP contribution >= 0.6 is 0 Å². The summed E-state index contributed by atoms with van der Waals surface area (Å²) < 4.78 is 10.3. The molecule has 1 aromatic rings. The highest BCUT2D eigenvalue weighted by molar-refractivity contribution is 5.98. The molecular formula is C14H18N2O4. The van der Waals surface area contributed by atoms with Crippen LogP contribution in [0.25, 0.3) is 0 Å². The van der Waals surface area contributed by atoms with Gasteiger partial charge in [-0.2, -0.15) is 0 Å². The third-order valence-corrected chi connectivity index (χ3v) is 3.39. The molecule has 6 heteroatoms. The number of benzene rings is 1. The molecule has 108 valence electrons. The van der Waals surface area contributed by atoms with Crippen molar-refractivity contribution in [2.45, 2.75) is 13.0 Å². The molecular weight excluding hydrogens is 260 g/mol. The van der Waals surface area contributed by atoms with Crippen molar-refractivity contribution in [3.8, 4) is 11.5 Å². The lowest BCUT2D eigenvalue weighted by Gasteiger charge is -2.32. The largest absolute Gasteiger partial charge is 0.493 e. The summed E-state index contributed by atoms with van der Waals surface area (Å²) in [5.74, 6) is 0.735. The van der Waals surface area contributed by atoms with E-state index in [1.165, 1.54) is 14.2 Å². The van der Waals surface area contributed by atoms with Gasteiger partial charge in [0.2, 0.25) is 5.91 Å². The van der Waals surface area contributed by atoms with Crippen molar-refractivity contribution in [3.05, 3.63) is 23.8 Å². The molecule has 0 unspecified atom stereocenters. The van der Waals surface area contributed by atoms with Gasteiger partial charge in [0, 0.05) is 18.7 Å². The van der Waals surface area contributed by atoms with E-state index in [2.05, 4.69) is 5.32 Å². The Kier molecular flexibility index (Phi) is 4.12. The maximum Gasteiger partial charge on any atom is 0.254 e. The summed E-state index contributed by atoms with van der Waals surface area (Å²) in [6.45, 7) is 2.69. The maximum absolute atomic E-state index is 12.5. The summed E-state index contributed by atoms with van der Waals surface area (Å²) in [7, 11) is 3.06. The van der Waals surface area contributed by atoms with Crippen molar-refractivity contribution in [1.29, 1.82) is 0 Å². The quantitative estimate of drug-likeness (QED) is 0.882. The molecule has 6 nitrogen and oxygen atoms in total. The summed E-state index contributed by atoms with van der Waals surface area (Å²) in [6, 6.07) is 4.51. The summed E-state index contributed by atoms with van der Waals surface area (Å²) in [6.07, 6.45) is 0. The van der Waals surface area contributed by atoms with E-state index in [0.29, 0.717) is 30.2 Å². The SMILES string of the molecule is COc1ccc(C(=O)N2CCNC(=O)[C@H]2C)cc1OC. The molecule has 1 aliphatic heterocycles. The standard InChI is InChI=1S/C14H18N2O4/c1-9-13(17)15-6-7-16(9)14(18)10-4-5-11(19-2)12(8-10)20-3/h4-5,8-9H,6-7H2,1-3H3,(H,15,17)/t9-/m1/s1. The third kappa shape index (κ3) is 2.54. The van der Waals surface area contributed by atoms with E-state index in [4.69, 9.17) is 9.47 Å². The molecule has 2 rings (SSSR count). The molecule has 1 saturated heterocycles. The summed E-state index contributed by atoms with van der Waals surface area (Å²) in [5.41, 5.74) is 0.476. The van der Waals surface area contributed by atoms with E-state index in [-0.39, 0.29) is 11.8 Å². The minimum atomic E-state index is -0.468. The van der Waals surface area contributed by atoms with Crippen molar-refractivity contribution in [1.82, 2.24) is 10.2 Å². The van der Waals surface area contributed by atoms with Gasteiger partial charge in [-0.15, -0.1) is 0 Å². The lowest BCUT2D eigenvalue weighted by atomic mass is 10.1. The van der Waals surface area contributed by atoms with Crippen molar-refractivity contribution in [2.24, 2.45) is 0 Å². The second-order valence-electron chi connectivity index (χ2n) is 4.54. The molecule has 1 fully saturated rings. The number of piperazine rings is 1. The van der Waals surface area contributed by atoms with Gasteiger partial charge in [0.25, 0.3) is 5.91 Å². The second kappa shape index (κ2) is 5.81. The average molecular weight is 278 g/mol. The van der Waals surface area contributed by atoms with Crippen LogP contribution in [0.3, 0.4) is 0 Å². The van der Waals surface area contributed by atoms with Crippen molar-refractivity contribution in [3.63, 3.8) is 0 Å². The number of methoxy groups -OCH3 is 2. The van der Waals surface area contributed by atoms with E-state index in [9.17, 15) is 9.59 Å². The smallest absolute Gasteiger partial charge is 0.254 e. The first kappa shape index (κ1) is 14.2. The van der Waals surface area contributed by atoms with Gasteiger partial charge in [-0.1, -0.05) is 0 Å². The van der Waals surface area contributed by atoms with E-state index < -0.39 is 6.04 Å². The van der Waals surface area contributed by atoms with Gasteiger partial charge in [0.05, 0.1) is 14.2 Å². The van der Waals surface area contributed by atoms with Crippen LogP contribution in [0.15, 0.2) is 18.2 Å². The summed E-state index contributed by atoms with van der Waals surface area (Å²) in [4.78, 5) is 25.6. The third-order valence-electron chi connectivity index (χ3n) is 3.39. The van der Waals surface area contributed by atoms with Gasteiger partial charge < -0.3 is 19.7 Å². The Bertz CT molecular complexity index is 530. The first-order chi connectivity index (χ1) is 9.58. The lowest BCUT2D eigenvalue weighted by molar-refractivity contribution is -0.127. The van der Waals surface area contributed by atoms with Crippen LogP contribution in [0.4, 0.5) is 0 Å². The molecule has 20 heavy (non-hydrogen) atoms. The molecule has 0 aliphatic carbocycles. The lowest BCUT2D eigenvalue weighted by Crippen LogP contribution is -2.55. The van der Waals surface area contributed by atoms with Gasteiger partial charge in [0.15, 0.2) is 11.5 Å². The Labute approximate surface area is 117 Å². The number of hydrogen-bond donors (Lipinski definition) is 1. The van der Waals surface area contributed by atoms with Crippen LogP contribution in [0.5, 0.6) is 11.5 Å². The van der Waals surface area contributed by atoms with Crippen LogP contribution in [-0.2, 0) is 4.79 Å². The first-order valence-electron chi connectivity index (χ1n) is 6.39. The van der Waals surface area contributed by atoms with Gasteiger partial charge >= 0.3 is 0 Å². The van der Waals surface area contributed by atoms with Crippen LogP contribution in [0.2, 0.25) is 0 Å². The fraction of sp³-hybridized carbons (Fsp3) is 0.429. The van der Waals surface area contributed by atoms with Crippen LogP contribution < -0.4 is 14.8 Å². The van der Waals surface area contributed by atoms with Crippen LogP contribution in [-0.4, -0.2) is 50.1 Å². The van der Waals surface area contributed by atoms with Crippen molar-refractivity contribution >= 4 is 11.8 Å². The molecule has 2 amide bonds. The Morgan fingerprint density at radius 2 is 2.00 bits per heavy atom. The van der Waals surface area contributed by atoms with E-state index >= 15 is 0 Å². The summed E-state index contributed by atoms with van der Waals surface area (Å²) >= 11 is 0. The van der Waals surface area contributed by atoms with Gasteiger partial charge in [0.1, 0.15) is 6.04 Å². The van der Waals surface area contributed by atoms with E-state index in [0.717, 1.165) is 0 Å². The minimum Gasteiger partial charge on any atom is -0.493 e. The summed E-state index contributed by atoms with van der Waals surface area (Å²) in [5, 5.41) is 2.73. The molecule has 1 N–H and O–H groups in total. The molecule has 1 heterocycles. The topological polar surface area (TPSA) is 67.9 Å². The Morgan fingerprint density at radius 3 is 2.65 bits per heavy atom. The number of amides is 2. The number of hydrogen-bond acceptors (Lipinski definition) is 4. The highest BCUT2D eigenvalue weighted by Gasteiger charge is 2.30. The van der Waals surface area contributed by atoms with Crippen LogP contribution in [0.1, 0.15) is 17.3 Å². The molecule has 0 spiro atoms. The maximum atomic E-state index is 12.5. The Morgan fingerprint density at radius 1 is 1.30 bits per heavy atom. The number of nitrogens with zero attached hydrogens (tertiary/aromatic N) is 1. The molecule has 0 radical (unpaired) electrons. The highest BCUT2D eigenvalue weighted by atomic mass is 16.5. The highest BCUT2D eigenvalue weighted by Crippen LogP contribution is 2.28. The number of rotatable bonds is 3. The van der Waals surface area contributed by atoms with Crippen LogP contribution in [0, 0.1) is 0 Å². The number of nitrogens with one attached hydrogen (secondary N) is 1. The van der Waals surface area contributed by atoms with Gasteiger partial charge in [-0.3, -0.25) is 9.59 Å². The fourth-order valence-corrected chi connectivity index (χ4v) is 2.19. The normalized spacial score (nSPS) is 18.4. The molecule has 1 aromatic carbocycles. The fourth-order valence-electron chi connectivity index (χ4n) is 2.19. The number of carbonyl (C=O) groups excluding carboxylic acids is 2. The van der Waals surface area contributed by atoms with Crippen molar-refractivity contribution < 1.29 is 19.1 Å². The molecule has 0 bridgehead atoms. The zero-order valence-electron chi connectivity index (χ0n) is 11.8. The molecule has 1 aliphatic rings. The number of ether oxygens (including phenoxy) is 2. The van der Waals surface area contributed by atoms with Crippen molar-refractivity contribution in [2.75, 3.05) is 27.3 Å². The predicted octanol–water partition coefficient (Wildman–Crippen LogP) is 0.664. The zero-order valence-corrected chi connectivity index (χ0v) is 11.8. The monoisotopic (exact) mass is 278 g/mol. The number of carbonyl (C=O) groups is 2. The average Bonchev–Trinajstić information content (AvgIpc) is 2.48. The molecule has 0 saturated carbocycles. The Hall–Kier alpha value is -2.24. The first-order valence-corrected chi connectivity index (χ1v) is 6.39. The zero-order chi connectivity index (χ0) is 14.7. The van der Waals surface area contributed by atoms with Gasteiger partial charge in [-0.05, 0) is 25.1 Å². The molecule has 1 atom stereocenters. The Balaban J connectivity index is 2.26.